The second kappa shape index (κ2) is 6.20. The number of carbonyl (C=O) groups excluding carboxylic acids is 1. The molecule has 6 nitrogen and oxygen atoms in total. The van der Waals surface area contributed by atoms with Crippen LogP contribution in [0.15, 0.2) is 41.7 Å². The first-order valence-corrected chi connectivity index (χ1v) is 6.75. The predicted molar refractivity (Wildman–Crippen MR) is 68.6 cm³/mol. The van der Waals surface area contributed by atoms with Crippen molar-refractivity contribution in [3.63, 3.8) is 0 Å². The SMILES string of the molecule is O=C(Nc1cccnc1S(=O)[O-])c1ccc(C(F)(F)F)nc1. The van der Waals surface area contributed by atoms with Gasteiger partial charge >= 0.3 is 6.18 Å². The number of alkyl halides is 3. The maximum Gasteiger partial charge on any atom is 0.433 e. The van der Waals surface area contributed by atoms with E-state index in [1.165, 1.54) is 18.3 Å². The highest BCUT2D eigenvalue weighted by molar-refractivity contribution is 7.79. The molecule has 1 amide bonds. The predicted octanol–water partition coefficient (Wildman–Crippen LogP) is 1.99. The normalized spacial score (nSPS) is 12.7. The highest BCUT2D eigenvalue weighted by atomic mass is 32.2. The third kappa shape index (κ3) is 3.65. The van der Waals surface area contributed by atoms with Crippen molar-refractivity contribution in [1.29, 1.82) is 0 Å². The maximum absolute atomic E-state index is 12.4. The van der Waals surface area contributed by atoms with Gasteiger partial charge in [0.05, 0.1) is 11.3 Å². The van der Waals surface area contributed by atoms with Crippen molar-refractivity contribution in [1.82, 2.24) is 9.97 Å². The number of anilines is 1. The summed E-state index contributed by atoms with van der Waals surface area (Å²) in [6.07, 6.45) is -2.63. The molecule has 116 valence electrons. The Labute approximate surface area is 124 Å². The first kappa shape index (κ1) is 16.0. The van der Waals surface area contributed by atoms with E-state index in [1.807, 2.05) is 0 Å². The Bertz CT molecular complexity index is 720. The lowest BCUT2D eigenvalue weighted by Crippen LogP contribution is -2.15. The summed E-state index contributed by atoms with van der Waals surface area (Å²) in [5.74, 6) is -0.805. The van der Waals surface area contributed by atoms with E-state index in [2.05, 4.69) is 15.3 Å². The maximum atomic E-state index is 12.4. The molecule has 0 aromatic carbocycles. The van der Waals surface area contributed by atoms with Crippen LogP contribution in [-0.4, -0.2) is 24.6 Å². The van der Waals surface area contributed by atoms with Crippen LogP contribution in [0.4, 0.5) is 18.9 Å². The summed E-state index contributed by atoms with van der Waals surface area (Å²) in [5, 5.41) is 1.87. The fourth-order valence-corrected chi connectivity index (χ4v) is 1.95. The molecule has 1 unspecified atom stereocenters. The van der Waals surface area contributed by atoms with Crippen LogP contribution in [-0.2, 0) is 17.3 Å². The zero-order valence-corrected chi connectivity index (χ0v) is 11.4. The molecule has 22 heavy (non-hydrogen) atoms. The van der Waals surface area contributed by atoms with Crippen molar-refractivity contribution in [3.8, 4) is 0 Å². The summed E-state index contributed by atoms with van der Waals surface area (Å²) in [6, 6.07) is 4.30. The zero-order chi connectivity index (χ0) is 16.3. The fraction of sp³-hybridized carbons (Fsp3) is 0.0833. The highest BCUT2D eigenvalue weighted by Gasteiger charge is 2.32. The number of aromatic nitrogens is 2. The molecule has 2 rings (SSSR count). The monoisotopic (exact) mass is 330 g/mol. The van der Waals surface area contributed by atoms with E-state index < -0.39 is 28.9 Å². The Morgan fingerprint density at radius 1 is 1.23 bits per heavy atom. The minimum atomic E-state index is -4.61. The van der Waals surface area contributed by atoms with Crippen molar-refractivity contribution >= 4 is 22.7 Å². The third-order valence-corrected chi connectivity index (χ3v) is 3.13. The third-order valence-electron chi connectivity index (χ3n) is 2.49. The number of pyridine rings is 2. The van der Waals surface area contributed by atoms with Crippen LogP contribution in [0.3, 0.4) is 0 Å². The first-order chi connectivity index (χ1) is 10.3. The smallest absolute Gasteiger partial charge is 0.433 e. The highest BCUT2D eigenvalue weighted by Crippen LogP contribution is 2.27. The van der Waals surface area contributed by atoms with Gasteiger partial charge in [-0.15, -0.1) is 0 Å². The van der Waals surface area contributed by atoms with Crippen LogP contribution < -0.4 is 5.32 Å². The van der Waals surface area contributed by atoms with Gasteiger partial charge in [-0.2, -0.15) is 13.2 Å². The number of rotatable bonds is 3. The Hall–Kier alpha value is -2.33. The quantitative estimate of drug-likeness (QED) is 0.868. The van der Waals surface area contributed by atoms with E-state index in [4.69, 9.17) is 0 Å². The van der Waals surface area contributed by atoms with Crippen LogP contribution in [0.5, 0.6) is 0 Å². The summed E-state index contributed by atoms with van der Waals surface area (Å²) >= 11 is -2.67. The van der Waals surface area contributed by atoms with E-state index in [9.17, 15) is 26.7 Å². The number of amides is 1. The number of hydrogen-bond acceptors (Lipinski definition) is 5. The number of nitrogens with one attached hydrogen (secondary N) is 1. The van der Waals surface area contributed by atoms with E-state index >= 15 is 0 Å². The lowest BCUT2D eigenvalue weighted by molar-refractivity contribution is -0.141. The van der Waals surface area contributed by atoms with Crippen LogP contribution in [0, 0.1) is 0 Å². The first-order valence-electron chi connectivity index (χ1n) is 5.68. The Balaban J connectivity index is 2.22. The van der Waals surface area contributed by atoms with Gasteiger partial charge < -0.3 is 9.87 Å². The summed E-state index contributed by atoms with van der Waals surface area (Å²) in [7, 11) is 0. The largest absolute Gasteiger partial charge is 0.767 e. The Morgan fingerprint density at radius 2 is 1.95 bits per heavy atom. The molecule has 0 aliphatic carbocycles. The molecule has 1 N–H and O–H groups in total. The van der Waals surface area contributed by atoms with Gasteiger partial charge in [0.1, 0.15) is 10.7 Å². The van der Waals surface area contributed by atoms with Gasteiger partial charge in [0.2, 0.25) is 0 Å². The molecular weight excluding hydrogens is 323 g/mol. The average molecular weight is 330 g/mol. The minimum Gasteiger partial charge on any atom is -0.767 e. The second-order valence-electron chi connectivity index (χ2n) is 3.97. The molecule has 0 spiro atoms. The van der Waals surface area contributed by atoms with E-state index in [0.717, 1.165) is 12.3 Å². The number of carbonyl (C=O) groups is 1. The van der Waals surface area contributed by atoms with Crippen molar-refractivity contribution in [2.75, 3.05) is 5.32 Å². The summed E-state index contributed by atoms with van der Waals surface area (Å²) in [6.45, 7) is 0. The molecule has 2 aromatic heterocycles. The molecule has 0 saturated carbocycles. The summed E-state index contributed by atoms with van der Waals surface area (Å²) < 4.78 is 59.0. The molecule has 0 radical (unpaired) electrons. The van der Waals surface area contributed by atoms with E-state index in [1.54, 1.807) is 0 Å². The Morgan fingerprint density at radius 3 is 2.50 bits per heavy atom. The molecule has 0 fully saturated rings. The van der Waals surface area contributed by atoms with Gasteiger partial charge in [0, 0.05) is 12.4 Å². The van der Waals surface area contributed by atoms with Gasteiger partial charge in [-0.1, -0.05) is 0 Å². The summed E-state index contributed by atoms with van der Waals surface area (Å²) in [4.78, 5) is 18.6. The fourth-order valence-electron chi connectivity index (χ4n) is 1.51. The summed E-state index contributed by atoms with van der Waals surface area (Å²) in [5.41, 5.74) is -1.37. The molecule has 0 saturated heterocycles. The molecular formula is C12H7F3N3O3S-. The molecule has 10 heteroatoms. The van der Waals surface area contributed by atoms with Crippen LogP contribution in [0.1, 0.15) is 16.1 Å². The molecule has 0 aliphatic rings. The van der Waals surface area contributed by atoms with Gasteiger partial charge in [0.25, 0.3) is 5.91 Å². The molecule has 1 atom stereocenters. The minimum absolute atomic E-state index is 0.0827. The van der Waals surface area contributed by atoms with E-state index in [-0.39, 0.29) is 16.3 Å². The van der Waals surface area contributed by atoms with Gasteiger partial charge in [0.15, 0.2) is 0 Å². The number of halogens is 3. The average Bonchev–Trinajstić information content (AvgIpc) is 2.46. The van der Waals surface area contributed by atoms with Crippen molar-refractivity contribution in [2.24, 2.45) is 0 Å². The second-order valence-corrected chi connectivity index (χ2v) is 4.83. The van der Waals surface area contributed by atoms with Gasteiger partial charge in [-0.05, 0) is 35.3 Å². The molecule has 2 aromatic rings. The number of nitrogens with zero attached hydrogens (tertiary/aromatic N) is 2. The van der Waals surface area contributed by atoms with Crippen molar-refractivity contribution in [2.45, 2.75) is 11.2 Å². The van der Waals surface area contributed by atoms with E-state index in [0.29, 0.717) is 6.07 Å². The zero-order valence-electron chi connectivity index (χ0n) is 10.6. The topological polar surface area (TPSA) is 95.0 Å². The van der Waals surface area contributed by atoms with Gasteiger partial charge in [-0.3, -0.25) is 14.0 Å². The molecule has 0 bridgehead atoms. The van der Waals surface area contributed by atoms with Crippen LogP contribution in [0.25, 0.3) is 0 Å². The standard InChI is InChI=1S/C12H8F3N3O3S/c13-12(14,15)9-4-3-7(6-17-9)10(19)18-8-2-1-5-16-11(8)22(20)21/h1-6H,(H,18,19)(H,20,21)/p-1. The van der Waals surface area contributed by atoms with Crippen molar-refractivity contribution in [3.05, 3.63) is 47.9 Å². The molecule has 2 heterocycles. The molecule has 0 aliphatic heterocycles. The lowest BCUT2D eigenvalue weighted by Gasteiger charge is -2.11. The van der Waals surface area contributed by atoms with Gasteiger partial charge in [-0.25, -0.2) is 4.98 Å². The van der Waals surface area contributed by atoms with Crippen LogP contribution in [0.2, 0.25) is 0 Å². The lowest BCUT2D eigenvalue weighted by atomic mass is 10.2. The van der Waals surface area contributed by atoms with Crippen LogP contribution >= 0.6 is 0 Å². The number of hydrogen-bond donors (Lipinski definition) is 1. The Kier molecular flexibility index (Phi) is 4.52. The van der Waals surface area contributed by atoms with Crippen molar-refractivity contribution < 1.29 is 26.7 Å².